The van der Waals surface area contributed by atoms with E-state index < -0.39 is 29.8 Å². The van der Waals surface area contributed by atoms with Gasteiger partial charge in [0.25, 0.3) is 0 Å². The van der Waals surface area contributed by atoms with Gasteiger partial charge in [-0.05, 0) is 63.7 Å². The van der Waals surface area contributed by atoms with E-state index in [1.165, 1.54) is 13.8 Å². The van der Waals surface area contributed by atoms with Crippen molar-refractivity contribution < 1.29 is 38.4 Å². The minimum Gasteiger partial charge on any atom is -0.349 e. The van der Waals surface area contributed by atoms with E-state index >= 15 is 0 Å². The molecule has 0 aliphatic carbocycles. The summed E-state index contributed by atoms with van der Waals surface area (Å²) in [4.78, 5) is 103. The van der Waals surface area contributed by atoms with Crippen molar-refractivity contribution in [2.75, 3.05) is 13.1 Å². The second-order valence-electron chi connectivity index (χ2n) is 14.5. The second kappa shape index (κ2) is 21.7. The van der Waals surface area contributed by atoms with Gasteiger partial charge in [0, 0.05) is 56.9 Å². The predicted molar refractivity (Wildman–Crippen MR) is 184 cm³/mol. The van der Waals surface area contributed by atoms with Crippen LogP contribution < -0.4 is 10.6 Å². The summed E-state index contributed by atoms with van der Waals surface area (Å²) in [7, 11) is 0. The van der Waals surface area contributed by atoms with Crippen molar-refractivity contribution in [3.05, 3.63) is 0 Å². The third-order valence-corrected chi connectivity index (χ3v) is 9.41. The first-order chi connectivity index (χ1) is 22.5. The Morgan fingerprint density at radius 2 is 1.46 bits per heavy atom. The van der Waals surface area contributed by atoms with Crippen molar-refractivity contribution in [3.63, 3.8) is 0 Å². The van der Waals surface area contributed by atoms with E-state index in [2.05, 4.69) is 10.6 Å². The summed E-state index contributed by atoms with van der Waals surface area (Å²) >= 11 is 0. The van der Waals surface area contributed by atoms with E-state index in [1.54, 1.807) is 4.90 Å². The number of amides is 3. The van der Waals surface area contributed by atoms with Crippen LogP contribution in [-0.4, -0.2) is 76.7 Å². The van der Waals surface area contributed by atoms with Gasteiger partial charge in [0.1, 0.15) is 17.3 Å². The van der Waals surface area contributed by atoms with Gasteiger partial charge in [-0.2, -0.15) is 0 Å². The Hall–Kier alpha value is -3.24. The molecule has 0 aromatic rings. The monoisotopic (exact) mass is 675 g/mol. The van der Waals surface area contributed by atoms with E-state index in [0.29, 0.717) is 45.1 Å². The number of nitrogens with zero attached hydrogens (tertiary/aromatic N) is 1. The fraction of sp³-hybridized carbons (Fsp3) is 0.784. The van der Waals surface area contributed by atoms with Crippen LogP contribution in [0.4, 0.5) is 0 Å². The van der Waals surface area contributed by atoms with Crippen LogP contribution in [0.1, 0.15) is 132 Å². The topological polar surface area (TPSA) is 164 Å². The minimum absolute atomic E-state index is 0.0292. The van der Waals surface area contributed by atoms with E-state index in [9.17, 15) is 38.4 Å². The summed E-state index contributed by atoms with van der Waals surface area (Å²) in [5, 5.41) is 5.42. The maximum Gasteiger partial charge on any atom is 0.224 e. The number of hydrogen-bond donors (Lipinski definition) is 2. The van der Waals surface area contributed by atoms with Gasteiger partial charge in [-0.25, -0.2) is 0 Å². The Balaban J connectivity index is 2.80. The second-order valence-corrected chi connectivity index (χ2v) is 14.5. The molecule has 5 unspecified atom stereocenters. The first-order valence-corrected chi connectivity index (χ1v) is 17.9. The largest absolute Gasteiger partial charge is 0.349 e. The first-order valence-electron chi connectivity index (χ1n) is 17.9. The molecule has 0 bridgehead atoms. The van der Waals surface area contributed by atoms with Crippen LogP contribution >= 0.6 is 0 Å². The van der Waals surface area contributed by atoms with Crippen LogP contribution in [0.2, 0.25) is 0 Å². The highest BCUT2D eigenvalue weighted by atomic mass is 16.2. The Labute approximate surface area is 287 Å². The molecule has 1 aliphatic rings. The number of Topliss-reactive ketones (excluding diaryl/α,β-unsaturated/α-hetero) is 5. The molecule has 1 rings (SSSR count). The predicted octanol–water partition coefficient (Wildman–Crippen LogP) is 4.57. The molecule has 0 spiro atoms. The van der Waals surface area contributed by atoms with Crippen molar-refractivity contribution in [2.24, 2.45) is 29.6 Å². The van der Waals surface area contributed by atoms with Crippen LogP contribution in [0.3, 0.4) is 0 Å². The minimum atomic E-state index is -0.808. The van der Waals surface area contributed by atoms with E-state index in [1.807, 2.05) is 41.5 Å². The smallest absolute Gasteiger partial charge is 0.224 e. The summed E-state index contributed by atoms with van der Waals surface area (Å²) < 4.78 is 0. The number of hydrogen-bond acceptors (Lipinski definition) is 8. The molecule has 1 heterocycles. The van der Waals surface area contributed by atoms with Gasteiger partial charge < -0.3 is 20.3 Å². The molecule has 0 aromatic carbocycles. The zero-order valence-corrected chi connectivity index (χ0v) is 30.7. The molecular formula is C37H61N3O8. The lowest BCUT2D eigenvalue weighted by molar-refractivity contribution is -0.138. The van der Waals surface area contributed by atoms with Crippen LogP contribution in [0.25, 0.3) is 0 Å². The summed E-state index contributed by atoms with van der Waals surface area (Å²) in [5.74, 6) is -2.64. The molecule has 0 saturated carbocycles. The Kier molecular flexibility index (Phi) is 19.3. The molecule has 272 valence electrons. The molecule has 3 amide bonds. The van der Waals surface area contributed by atoms with Crippen LogP contribution in [-0.2, 0) is 38.4 Å². The van der Waals surface area contributed by atoms with E-state index in [4.69, 9.17) is 0 Å². The fourth-order valence-electron chi connectivity index (χ4n) is 6.33. The summed E-state index contributed by atoms with van der Waals surface area (Å²) in [6, 6.07) is -1.31. The number of carbonyl (C=O) groups excluding carboxylic acids is 8. The van der Waals surface area contributed by atoms with Gasteiger partial charge in [0.05, 0.1) is 18.6 Å². The lowest BCUT2D eigenvalue weighted by Crippen LogP contribution is -2.45. The molecule has 11 heteroatoms. The first kappa shape index (κ1) is 42.8. The molecule has 0 radical (unpaired) electrons. The third-order valence-electron chi connectivity index (χ3n) is 9.41. The maximum absolute atomic E-state index is 13.4. The van der Waals surface area contributed by atoms with Crippen molar-refractivity contribution >= 4 is 46.6 Å². The van der Waals surface area contributed by atoms with Gasteiger partial charge >= 0.3 is 0 Å². The van der Waals surface area contributed by atoms with Crippen molar-refractivity contribution in [2.45, 2.75) is 145 Å². The third kappa shape index (κ3) is 15.3. The Bertz CT molecular complexity index is 1150. The lowest BCUT2D eigenvalue weighted by atomic mass is 9.83. The maximum atomic E-state index is 13.4. The molecule has 2 N–H and O–H groups in total. The van der Waals surface area contributed by atoms with Crippen LogP contribution in [0, 0.1) is 29.6 Å². The highest BCUT2D eigenvalue weighted by molar-refractivity contribution is 5.94. The van der Waals surface area contributed by atoms with Gasteiger partial charge in [-0.15, -0.1) is 0 Å². The molecule has 5 atom stereocenters. The highest BCUT2D eigenvalue weighted by Gasteiger charge is 2.35. The van der Waals surface area contributed by atoms with E-state index in [-0.39, 0.29) is 97.1 Å². The van der Waals surface area contributed by atoms with Crippen molar-refractivity contribution in [1.82, 2.24) is 15.5 Å². The molecule has 1 fully saturated rings. The fourth-order valence-corrected chi connectivity index (χ4v) is 6.33. The SMILES string of the molecule is CCC(C)C(CC(=O)C(CC(C)C)NC(=O)CCC(=O)C(CCC(=O)C1CCCN1C(=O)CCCC(C)=O)C(C)C)C(=O)NCC(C)=O. The summed E-state index contributed by atoms with van der Waals surface area (Å²) in [6.07, 6.45) is 3.70. The Morgan fingerprint density at radius 3 is 2.02 bits per heavy atom. The van der Waals surface area contributed by atoms with Crippen molar-refractivity contribution in [3.8, 4) is 0 Å². The van der Waals surface area contributed by atoms with Gasteiger partial charge in [-0.1, -0.05) is 48.0 Å². The average molecular weight is 676 g/mol. The van der Waals surface area contributed by atoms with Gasteiger partial charge in [-0.3, -0.25) is 33.6 Å². The molecule has 1 aliphatic heterocycles. The summed E-state index contributed by atoms with van der Waals surface area (Å²) in [5.41, 5.74) is 0. The zero-order valence-electron chi connectivity index (χ0n) is 30.7. The number of rotatable bonds is 24. The van der Waals surface area contributed by atoms with E-state index in [0.717, 1.165) is 6.42 Å². The standard InChI is InChI=1S/C37H61N3O8/c1-9-25(6)29(37(48)38-22-27(8)42)21-34(45)30(20-23(2)3)39-35(46)18-17-32(43)28(24(4)5)15-16-33(44)31-13-11-19-40(31)36(47)14-10-12-26(7)41/h23-25,28-31H,9-22H2,1-8H3,(H,38,48)(H,39,46). The van der Waals surface area contributed by atoms with Crippen LogP contribution in [0.15, 0.2) is 0 Å². The number of nitrogens with one attached hydrogen (secondary N) is 2. The van der Waals surface area contributed by atoms with Gasteiger partial charge in [0.2, 0.25) is 17.7 Å². The number of carbonyl (C=O) groups is 8. The highest BCUT2D eigenvalue weighted by Crippen LogP contribution is 2.26. The normalized spacial score (nSPS) is 17.0. The molecule has 0 aromatic heterocycles. The molecular weight excluding hydrogens is 614 g/mol. The Morgan fingerprint density at radius 1 is 0.792 bits per heavy atom. The lowest BCUT2D eigenvalue weighted by Gasteiger charge is -2.26. The quantitative estimate of drug-likeness (QED) is 0.150. The van der Waals surface area contributed by atoms with Crippen molar-refractivity contribution in [1.29, 1.82) is 0 Å². The number of likely N-dealkylation sites (tertiary alicyclic amines) is 1. The molecule has 11 nitrogen and oxygen atoms in total. The number of ketones is 5. The van der Waals surface area contributed by atoms with Gasteiger partial charge in [0.15, 0.2) is 11.6 Å². The average Bonchev–Trinajstić information content (AvgIpc) is 3.50. The summed E-state index contributed by atoms with van der Waals surface area (Å²) in [6.45, 7) is 14.8. The molecule has 48 heavy (non-hydrogen) atoms. The molecule has 1 saturated heterocycles. The zero-order chi connectivity index (χ0) is 36.6. The van der Waals surface area contributed by atoms with Crippen LogP contribution in [0.5, 0.6) is 0 Å².